The number of aliphatic carboxylic acids is 1. The summed E-state index contributed by atoms with van der Waals surface area (Å²) < 4.78 is 37.3. The van der Waals surface area contributed by atoms with E-state index in [9.17, 15) is 18.3 Å². The number of hydrogen-bond donors (Lipinski definition) is 1. The SMILES string of the molecule is CCCCOc1ccc(S(=O)(=O)C2CCN(Cc3cccc(OC)c3)C(C(=O)O)C2)cc1. The first-order valence-electron chi connectivity index (χ1n) is 10.9. The maximum Gasteiger partial charge on any atom is 0.320 e. The van der Waals surface area contributed by atoms with E-state index in [1.54, 1.807) is 31.4 Å². The van der Waals surface area contributed by atoms with Gasteiger partial charge < -0.3 is 14.6 Å². The van der Waals surface area contributed by atoms with Crippen molar-refractivity contribution in [3.05, 3.63) is 54.1 Å². The van der Waals surface area contributed by atoms with Gasteiger partial charge >= 0.3 is 5.97 Å². The van der Waals surface area contributed by atoms with E-state index in [1.165, 1.54) is 0 Å². The molecule has 1 saturated heterocycles. The summed E-state index contributed by atoms with van der Waals surface area (Å²) in [6, 6.07) is 13.0. The highest BCUT2D eigenvalue weighted by molar-refractivity contribution is 7.92. The third-order valence-electron chi connectivity index (χ3n) is 5.83. The van der Waals surface area contributed by atoms with Crippen molar-refractivity contribution in [2.45, 2.75) is 55.3 Å². The third kappa shape index (κ3) is 5.81. The number of sulfone groups is 1. The molecule has 0 radical (unpaired) electrons. The number of carbonyl (C=O) groups is 1. The Bertz CT molecular complexity index is 1010. The molecule has 2 aromatic carbocycles. The number of ether oxygens (including phenoxy) is 2. The number of hydrogen-bond acceptors (Lipinski definition) is 6. The van der Waals surface area contributed by atoms with E-state index in [0.29, 0.717) is 37.6 Å². The number of likely N-dealkylation sites (tertiary alicyclic amines) is 1. The zero-order valence-electron chi connectivity index (χ0n) is 18.6. The second kappa shape index (κ2) is 10.8. The van der Waals surface area contributed by atoms with Crippen LogP contribution in [-0.4, -0.2) is 55.9 Å². The van der Waals surface area contributed by atoms with Gasteiger partial charge in [0.05, 0.1) is 23.9 Å². The average Bonchev–Trinajstić information content (AvgIpc) is 2.79. The van der Waals surface area contributed by atoms with Gasteiger partial charge in [-0.2, -0.15) is 0 Å². The lowest BCUT2D eigenvalue weighted by atomic mass is 10.0. The molecule has 2 atom stereocenters. The molecule has 8 heteroatoms. The standard InChI is InChI=1S/C24H31NO6S/c1-3-4-14-31-19-8-10-21(11-9-19)32(28,29)22-12-13-25(23(16-22)24(26)27)17-18-6-5-7-20(15-18)30-2/h5-11,15,22-23H,3-4,12-14,16-17H2,1-2H3,(H,26,27). The first-order chi connectivity index (χ1) is 15.3. The van der Waals surface area contributed by atoms with E-state index >= 15 is 0 Å². The van der Waals surface area contributed by atoms with Crippen LogP contribution >= 0.6 is 0 Å². The molecular formula is C24H31NO6S. The van der Waals surface area contributed by atoms with Crippen LogP contribution in [0.25, 0.3) is 0 Å². The van der Waals surface area contributed by atoms with Crippen LogP contribution in [0.5, 0.6) is 11.5 Å². The lowest BCUT2D eigenvalue weighted by molar-refractivity contribution is -0.144. The molecule has 0 aliphatic carbocycles. The summed E-state index contributed by atoms with van der Waals surface area (Å²) in [6.45, 7) is 3.47. The molecule has 1 aliphatic rings. The van der Waals surface area contributed by atoms with Gasteiger partial charge in [0.25, 0.3) is 0 Å². The lowest BCUT2D eigenvalue weighted by Crippen LogP contribution is -2.49. The number of rotatable bonds is 10. The number of unbranched alkanes of at least 4 members (excludes halogenated alkanes) is 1. The van der Waals surface area contributed by atoms with Crippen molar-refractivity contribution in [1.29, 1.82) is 0 Å². The number of nitrogens with zero attached hydrogens (tertiary/aromatic N) is 1. The minimum Gasteiger partial charge on any atom is -0.497 e. The second-order valence-electron chi connectivity index (χ2n) is 8.04. The van der Waals surface area contributed by atoms with Gasteiger partial charge in [0.1, 0.15) is 17.5 Å². The van der Waals surface area contributed by atoms with Crippen LogP contribution in [-0.2, 0) is 21.2 Å². The number of piperidine rings is 1. The van der Waals surface area contributed by atoms with Gasteiger partial charge in [-0.3, -0.25) is 9.69 Å². The second-order valence-corrected chi connectivity index (χ2v) is 10.3. The maximum absolute atomic E-state index is 13.2. The van der Waals surface area contributed by atoms with E-state index in [1.807, 2.05) is 29.2 Å². The van der Waals surface area contributed by atoms with Gasteiger partial charge in [0.2, 0.25) is 0 Å². The van der Waals surface area contributed by atoms with Gasteiger partial charge in [-0.15, -0.1) is 0 Å². The number of benzene rings is 2. The smallest absolute Gasteiger partial charge is 0.320 e. The quantitative estimate of drug-likeness (QED) is 0.539. The first-order valence-corrected chi connectivity index (χ1v) is 12.5. The molecule has 1 N–H and O–H groups in total. The predicted octanol–water partition coefficient (Wildman–Crippen LogP) is 3.77. The monoisotopic (exact) mass is 461 g/mol. The molecule has 32 heavy (non-hydrogen) atoms. The van der Waals surface area contributed by atoms with Crippen LogP contribution in [0.2, 0.25) is 0 Å². The Labute approximate surface area is 189 Å². The van der Waals surface area contributed by atoms with Crippen molar-refractivity contribution in [1.82, 2.24) is 4.90 Å². The Morgan fingerprint density at radius 3 is 2.56 bits per heavy atom. The number of methoxy groups -OCH3 is 1. The topological polar surface area (TPSA) is 93.1 Å². The molecule has 1 fully saturated rings. The summed E-state index contributed by atoms with van der Waals surface area (Å²) in [5.41, 5.74) is 0.926. The molecule has 1 heterocycles. The number of carboxylic acid groups (broad SMARTS) is 1. The Kier molecular flexibility index (Phi) is 8.15. The minimum absolute atomic E-state index is 0.0520. The van der Waals surface area contributed by atoms with Gasteiger partial charge in [-0.1, -0.05) is 25.5 Å². The summed E-state index contributed by atoms with van der Waals surface area (Å²) in [7, 11) is -2.06. The van der Waals surface area contributed by atoms with Crippen molar-refractivity contribution in [3.63, 3.8) is 0 Å². The van der Waals surface area contributed by atoms with Crippen molar-refractivity contribution in [2.75, 3.05) is 20.3 Å². The molecule has 174 valence electrons. The fourth-order valence-corrected chi connectivity index (χ4v) is 5.72. The fraction of sp³-hybridized carbons (Fsp3) is 0.458. The number of carboxylic acids is 1. The van der Waals surface area contributed by atoms with Crippen LogP contribution in [0.15, 0.2) is 53.4 Å². The third-order valence-corrected chi connectivity index (χ3v) is 8.06. The Balaban J connectivity index is 1.71. The molecule has 2 unspecified atom stereocenters. The van der Waals surface area contributed by atoms with Crippen LogP contribution in [0.1, 0.15) is 38.2 Å². The molecule has 2 aromatic rings. The Hall–Kier alpha value is -2.58. The molecule has 0 amide bonds. The molecule has 0 spiro atoms. The van der Waals surface area contributed by atoms with Crippen LogP contribution in [0.4, 0.5) is 0 Å². The van der Waals surface area contributed by atoms with Gasteiger partial charge in [0.15, 0.2) is 9.84 Å². The fourth-order valence-electron chi connectivity index (χ4n) is 3.97. The van der Waals surface area contributed by atoms with E-state index in [-0.39, 0.29) is 11.3 Å². The van der Waals surface area contributed by atoms with E-state index in [2.05, 4.69) is 6.92 Å². The molecule has 0 bridgehead atoms. The zero-order chi connectivity index (χ0) is 23.1. The summed E-state index contributed by atoms with van der Waals surface area (Å²) in [5.74, 6) is 0.329. The zero-order valence-corrected chi connectivity index (χ0v) is 19.4. The van der Waals surface area contributed by atoms with Crippen molar-refractivity contribution >= 4 is 15.8 Å². The molecule has 3 rings (SSSR count). The highest BCUT2D eigenvalue weighted by Crippen LogP contribution is 2.30. The average molecular weight is 462 g/mol. The van der Waals surface area contributed by atoms with Crippen molar-refractivity contribution in [3.8, 4) is 11.5 Å². The highest BCUT2D eigenvalue weighted by atomic mass is 32.2. The molecule has 0 saturated carbocycles. The van der Waals surface area contributed by atoms with Crippen LogP contribution < -0.4 is 9.47 Å². The highest BCUT2D eigenvalue weighted by Gasteiger charge is 2.39. The van der Waals surface area contributed by atoms with Crippen LogP contribution in [0.3, 0.4) is 0 Å². The molecule has 7 nitrogen and oxygen atoms in total. The van der Waals surface area contributed by atoms with E-state index in [4.69, 9.17) is 9.47 Å². The summed E-state index contributed by atoms with van der Waals surface area (Å²) >= 11 is 0. The predicted molar refractivity (Wildman–Crippen MR) is 122 cm³/mol. The summed E-state index contributed by atoms with van der Waals surface area (Å²) in [6.07, 6.45) is 2.39. The maximum atomic E-state index is 13.2. The van der Waals surface area contributed by atoms with E-state index in [0.717, 1.165) is 18.4 Å². The largest absolute Gasteiger partial charge is 0.497 e. The Morgan fingerprint density at radius 2 is 1.91 bits per heavy atom. The normalized spacial score (nSPS) is 19.4. The molecule has 1 aliphatic heterocycles. The van der Waals surface area contributed by atoms with Crippen molar-refractivity contribution < 1.29 is 27.8 Å². The van der Waals surface area contributed by atoms with Gasteiger partial charge in [-0.25, -0.2) is 8.42 Å². The van der Waals surface area contributed by atoms with Gasteiger partial charge in [-0.05, 0) is 61.2 Å². The van der Waals surface area contributed by atoms with E-state index < -0.39 is 27.1 Å². The first kappa shape index (κ1) is 24.1. The molecule has 0 aromatic heterocycles. The summed E-state index contributed by atoms with van der Waals surface area (Å²) in [5, 5.41) is 9.06. The van der Waals surface area contributed by atoms with Crippen molar-refractivity contribution in [2.24, 2.45) is 0 Å². The lowest BCUT2D eigenvalue weighted by Gasteiger charge is -2.37. The minimum atomic E-state index is -3.64. The summed E-state index contributed by atoms with van der Waals surface area (Å²) in [4.78, 5) is 14.0. The Morgan fingerprint density at radius 1 is 1.16 bits per heavy atom. The van der Waals surface area contributed by atoms with Crippen LogP contribution in [0, 0.1) is 0 Å². The molecular weight excluding hydrogens is 430 g/mol. The van der Waals surface area contributed by atoms with Gasteiger partial charge in [0, 0.05) is 13.1 Å².